The Hall–Kier alpha value is -0.610. The summed E-state index contributed by atoms with van der Waals surface area (Å²) in [6, 6.07) is 0. The van der Waals surface area contributed by atoms with Crippen LogP contribution in [0.1, 0.15) is 6.42 Å². The number of carboxylic acid groups (broad SMARTS) is 1. The molecule has 0 saturated carbocycles. The quantitative estimate of drug-likeness (QED) is 0.669. The Morgan fingerprint density at radius 3 is 2.85 bits per heavy atom. The van der Waals surface area contributed by atoms with E-state index in [9.17, 15) is 4.79 Å². The molecule has 0 aliphatic carbocycles. The molecule has 1 N–H and O–H groups in total. The minimum absolute atomic E-state index is 0.153. The van der Waals surface area contributed by atoms with E-state index < -0.39 is 5.97 Å². The van der Waals surface area contributed by atoms with Crippen LogP contribution in [-0.2, 0) is 4.79 Å². The van der Waals surface area contributed by atoms with Crippen molar-refractivity contribution in [1.82, 2.24) is 9.80 Å². The highest BCUT2D eigenvalue weighted by atomic mass is 16.4. The van der Waals surface area contributed by atoms with Crippen LogP contribution >= 0.6 is 0 Å². The summed E-state index contributed by atoms with van der Waals surface area (Å²) in [6.07, 6.45) is 1.19. The van der Waals surface area contributed by atoms with E-state index in [0.717, 1.165) is 19.6 Å². The van der Waals surface area contributed by atoms with Gasteiger partial charge in [-0.1, -0.05) is 0 Å². The molecule has 4 nitrogen and oxygen atoms in total. The summed E-state index contributed by atoms with van der Waals surface area (Å²) in [7, 11) is 3.98. The molecule has 1 aliphatic heterocycles. The fourth-order valence-corrected chi connectivity index (χ4v) is 1.91. The van der Waals surface area contributed by atoms with Crippen molar-refractivity contribution in [2.24, 2.45) is 5.92 Å². The third-order valence-electron chi connectivity index (χ3n) is 2.46. The molecule has 1 aliphatic rings. The summed E-state index contributed by atoms with van der Waals surface area (Å²) in [5.74, 6) is -0.0943. The van der Waals surface area contributed by atoms with Gasteiger partial charge in [-0.25, -0.2) is 0 Å². The predicted molar refractivity (Wildman–Crippen MR) is 50.7 cm³/mol. The lowest BCUT2D eigenvalue weighted by Gasteiger charge is -2.18. The fraction of sp³-hybridized carbons (Fsp3) is 0.889. The summed E-state index contributed by atoms with van der Waals surface area (Å²) in [5, 5.41) is 8.56. The second-order valence-electron chi connectivity index (χ2n) is 4.01. The van der Waals surface area contributed by atoms with E-state index in [0.29, 0.717) is 5.92 Å². The van der Waals surface area contributed by atoms with Gasteiger partial charge in [-0.2, -0.15) is 0 Å². The van der Waals surface area contributed by atoms with Gasteiger partial charge in [0, 0.05) is 13.1 Å². The van der Waals surface area contributed by atoms with Gasteiger partial charge < -0.3 is 10.0 Å². The molecule has 1 atom stereocenters. The average molecular weight is 186 g/mol. The van der Waals surface area contributed by atoms with E-state index in [-0.39, 0.29) is 6.54 Å². The van der Waals surface area contributed by atoms with Crippen molar-refractivity contribution in [2.45, 2.75) is 6.42 Å². The molecule has 1 rings (SSSR count). The molecule has 1 saturated heterocycles. The Labute approximate surface area is 79.1 Å². The van der Waals surface area contributed by atoms with Crippen LogP contribution in [0, 0.1) is 5.92 Å². The zero-order valence-corrected chi connectivity index (χ0v) is 8.36. The van der Waals surface area contributed by atoms with Crippen LogP contribution in [0.25, 0.3) is 0 Å². The first-order chi connectivity index (χ1) is 6.08. The maximum absolute atomic E-state index is 10.4. The molecule has 0 aromatic carbocycles. The van der Waals surface area contributed by atoms with Crippen LogP contribution in [0.3, 0.4) is 0 Å². The molecule has 0 bridgehead atoms. The van der Waals surface area contributed by atoms with E-state index in [2.05, 4.69) is 11.9 Å². The molecular formula is C9H18N2O2. The van der Waals surface area contributed by atoms with Crippen LogP contribution in [0.2, 0.25) is 0 Å². The first-order valence-electron chi connectivity index (χ1n) is 4.67. The van der Waals surface area contributed by atoms with Gasteiger partial charge >= 0.3 is 5.97 Å². The SMILES string of the molecule is CN1CC[C@H](CN(C)CC(=O)O)C1. The van der Waals surface area contributed by atoms with E-state index >= 15 is 0 Å². The molecule has 0 unspecified atom stereocenters. The van der Waals surface area contributed by atoms with E-state index in [4.69, 9.17) is 5.11 Å². The maximum atomic E-state index is 10.4. The molecule has 0 spiro atoms. The third-order valence-corrected chi connectivity index (χ3v) is 2.46. The number of nitrogens with zero attached hydrogens (tertiary/aromatic N) is 2. The van der Waals surface area contributed by atoms with Gasteiger partial charge in [0.05, 0.1) is 6.54 Å². The molecule has 76 valence electrons. The third kappa shape index (κ3) is 3.74. The van der Waals surface area contributed by atoms with Gasteiger partial charge in [-0.15, -0.1) is 0 Å². The lowest BCUT2D eigenvalue weighted by Crippen LogP contribution is -2.31. The molecule has 13 heavy (non-hydrogen) atoms. The normalized spacial score (nSPS) is 24.1. The number of hydrogen-bond acceptors (Lipinski definition) is 3. The highest BCUT2D eigenvalue weighted by Gasteiger charge is 2.21. The number of hydrogen-bond donors (Lipinski definition) is 1. The first-order valence-corrected chi connectivity index (χ1v) is 4.67. The smallest absolute Gasteiger partial charge is 0.317 e. The highest BCUT2D eigenvalue weighted by Crippen LogP contribution is 2.14. The standard InChI is InChI=1S/C9H18N2O2/c1-10-4-3-8(5-10)6-11(2)7-9(12)13/h8H,3-7H2,1-2H3,(H,12,13)/t8-/m0/s1. The van der Waals surface area contributed by atoms with Crippen molar-refractivity contribution in [2.75, 3.05) is 40.3 Å². The molecule has 0 radical (unpaired) electrons. The molecular weight excluding hydrogens is 168 g/mol. The summed E-state index contributed by atoms with van der Waals surface area (Å²) in [5.41, 5.74) is 0. The highest BCUT2D eigenvalue weighted by molar-refractivity contribution is 5.68. The van der Waals surface area contributed by atoms with Gasteiger partial charge in [-0.05, 0) is 33.0 Å². The summed E-state index contributed by atoms with van der Waals surface area (Å²) in [4.78, 5) is 14.6. The van der Waals surface area contributed by atoms with Gasteiger partial charge in [0.25, 0.3) is 0 Å². The Balaban J connectivity index is 2.20. The Morgan fingerprint density at radius 1 is 1.69 bits per heavy atom. The van der Waals surface area contributed by atoms with Crippen molar-refractivity contribution in [3.63, 3.8) is 0 Å². The zero-order valence-electron chi connectivity index (χ0n) is 8.36. The molecule has 4 heteroatoms. The predicted octanol–water partition coefficient (Wildman–Crippen LogP) is -0.0455. The summed E-state index contributed by atoms with van der Waals surface area (Å²) < 4.78 is 0. The number of likely N-dealkylation sites (N-methyl/N-ethyl adjacent to an activating group) is 1. The van der Waals surface area contributed by atoms with Gasteiger partial charge in [0.15, 0.2) is 0 Å². The topological polar surface area (TPSA) is 43.8 Å². The zero-order chi connectivity index (χ0) is 9.84. The number of carboxylic acids is 1. The van der Waals surface area contributed by atoms with Crippen LogP contribution in [0.15, 0.2) is 0 Å². The number of rotatable bonds is 4. The van der Waals surface area contributed by atoms with Crippen molar-refractivity contribution in [3.05, 3.63) is 0 Å². The van der Waals surface area contributed by atoms with E-state index in [1.807, 2.05) is 11.9 Å². The molecule has 0 aromatic rings. The first kappa shape index (κ1) is 10.5. The van der Waals surface area contributed by atoms with Crippen LogP contribution in [0.4, 0.5) is 0 Å². The largest absolute Gasteiger partial charge is 0.480 e. The van der Waals surface area contributed by atoms with Crippen LogP contribution in [-0.4, -0.2) is 61.2 Å². The minimum Gasteiger partial charge on any atom is -0.480 e. The lowest BCUT2D eigenvalue weighted by atomic mass is 10.1. The second kappa shape index (κ2) is 4.58. The fourth-order valence-electron chi connectivity index (χ4n) is 1.91. The van der Waals surface area contributed by atoms with E-state index in [1.54, 1.807) is 0 Å². The Bertz CT molecular complexity index is 184. The Kier molecular flexibility index (Phi) is 3.69. The minimum atomic E-state index is -0.742. The van der Waals surface area contributed by atoms with Crippen molar-refractivity contribution >= 4 is 5.97 Å². The molecule has 1 heterocycles. The number of likely N-dealkylation sites (tertiary alicyclic amines) is 1. The van der Waals surface area contributed by atoms with Gasteiger partial charge in [0.1, 0.15) is 0 Å². The Morgan fingerprint density at radius 2 is 2.38 bits per heavy atom. The summed E-state index contributed by atoms with van der Waals surface area (Å²) >= 11 is 0. The lowest BCUT2D eigenvalue weighted by molar-refractivity contribution is -0.138. The van der Waals surface area contributed by atoms with E-state index in [1.165, 1.54) is 6.42 Å². The monoisotopic (exact) mass is 186 g/mol. The van der Waals surface area contributed by atoms with Gasteiger partial charge in [0.2, 0.25) is 0 Å². The van der Waals surface area contributed by atoms with Crippen LogP contribution < -0.4 is 0 Å². The average Bonchev–Trinajstić information content (AvgIpc) is 2.33. The van der Waals surface area contributed by atoms with Crippen LogP contribution in [0.5, 0.6) is 0 Å². The van der Waals surface area contributed by atoms with Crippen molar-refractivity contribution < 1.29 is 9.90 Å². The maximum Gasteiger partial charge on any atom is 0.317 e. The second-order valence-corrected chi connectivity index (χ2v) is 4.01. The number of carbonyl (C=O) groups is 1. The molecule has 0 aromatic heterocycles. The molecule has 0 amide bonds. The van der Waals surface area contributed by atoms with Crippen molar-refractivity contribution in [1.29, 1.82) is 0 Å². The van der Waals surface area contributed by atoms with Gasteiger partial charge in [-0.3, -0.25) is 9.69 Å². The molecule has 1 fully saturated rings. The number of aliphatic carboxylic acids is 1. The summed E-state index contributed by atoms with van der Waals surface area (Å²) in [6.45, 7) is 3.30. The van der Waals surface area contributed by atoms with Crippen molar-refractivity contribution in [3.8, 4) is 0 Å².